The van der Waals surface area contributed by atoms with Crippen molar-refractivity contribution in [2.45, 2.75) is 13.5 Å². The molecule has 106 valence electrons. The number of rotatable bonds is 4. The van der Waals surface area contributed by atoms with Gasteiger partial charge >= 0.3 is 6.09 Å². The fourth-order valence-electron chi connectivity index (χ4n) is 1.67. The van der Waals surface area contributed by atoms with Crippen LogP contribution in [0.4, 0.5) is 16.2 Å². The van der Waals surface area contributed by atoms with Gasteiger partial charge in [-0.1, -0.05) is 6.07 Å². The SMILES string of the molecule is COC(=O)Nc1cccc(NCc2cc(Br)c(C)s2)c1. The molecule has 0 aliphatic heterocycles. The van der Waals surface area contributed by atoms with Gasteiger partial charge in [0.2, 0.25) is 0 Å². The molecule has 0 radical (unpaired) electrons. The van der Waals surface area contributed by atoms with E-state index in [0.29, 0.717) is 5.69 Å². The highest BCUT2D eigenvalue weighted by atomic mass is 79.9. The Kier molecular flexibility index (Phi) is 5.03. The van der Waals surface area contributed by atoms with Crippen molar-refractivity contribution in [3.05, 3.63) is 44.6 Å². The lowest BCUT2D eigenvalue weighted by atomic mass is 10.2. The van der Waals surface area contributed by atoms with Crippen LogP contribution in [0.2, 0.25) is 0 Å². The molecule has 0 bridgehead atoms. The van der Waals surface area contributed by atoms with E-state index in [9.17, 15) is 4.79 Å². The Morgan fingerprint density at radius 1 is 1.35 bits per heavy atom. The second-order valence-corrected chi connectivity index (χ2v) is 6.36. The first kappa shape index (κ1) is 14.9. The zero-order valence-electron chi connectivity index (χ0n) is 11.2. The average molecular weight is 355 g/mol. The Balaban J connectivity index is 1.99. The van der Waals surface area contributed by atoms with Crippen molar-refractivity contribution in [1.82, 2.24) is 0 Å². The van der Waals surface area contributed by atoms with Gasteiger partial charge in [-0.25, -0.2) is 4.79 Å². The number of methoxy groups -OCH3 is 1. The molecule has 0 aliphatic rings. The van der Waals surface area contributed by atoms with E-state index in [2.05, 4.69) is 44.3 Å². The summed E-state index contributed by atoms with van der Waals surface area (Å²) >= 11 is 5.26. The normalized spacial score (nSPS) is 10.2. The van der Waals surface area contributed by atoms with Crippen LogP contribution in [0.1, 0.15) is 9.75 Å². The number of halogens is 1. The van der Waals surface area contributed by atoms with Crippen LogP contribution in [0.25, 0.3) is 0 Å². The van der Waals surface area contributed by atoms with Gasteiger partial charge in [0.15, 0.2) is 0 Å². The molecule has 1 aromatic heterocycles. The molecular formula is C14H15BrN2O2S. The summed E-state index contributed by atoms with van der Waals surface area (Å²) in [5.74, 6) is 0. The number of carbonyl (C=O) groups is 1. The van der Waals surface area contributed by atoms with Crippen LogP contribution in [0, 0.1) is 6.92 Å². The summed E-state index contributed by atoms with van der Waals surface area (Å²) in [5, 5.41) is 5.97. The number of hydrogen-bond donors (Lipinski definition) is 2. The van der Waals surface area contributed by atoms with Gasteiger partial charge in [0.1, 0.15) is 0 Å². The maximum Gasteiger partial charge on any atom is 0.411 e. The molecule has 0 unspecified atom stereocenters. The van der Waals surface area contributed by atoms with Crippen LogP contribution in [0.3, 0.4) is 0 Å². The number of benzene rings is 1. The first-order valence-corrected chi connectivity index (χ1v) is 7.63. The lowest BCUT2D eigenvalue weighted by molar-refractivity contribution is 0.187. The van der Waals surface area contributed by atoms with E-state index in [1.807, 2.05) is 24.3 Å². The summed E-state index contributed by atoms with van der Waals surface area (Å²) in [6.45, 7) is 2.83. The van der Waals surface area contributed by atoms with Gasteiger partial charge < -0.3 is 10.1 Å². The molecule has 0 spiro atoms. The third-order valence-electron chi connectivity index (χ3n) is 2.67. The minimum absolute atomic E-state index is 0.472. The Bertz CT molecular complexity index is 593. The van der Waals surface area contributed by atoms with Crippen molar-refractivity contribution < 1.29 is 9.53 Å². The summed E-state index contributed by atoms with van der Waals surface area (Å²) in [6.07, 6.45) is -0.472. The molecule has 2 N–H and O–H groups in total. The number of carbonyl (C=O) groups excluding carboxylic acids is 1. The minimum atomic E-state index is -0.472. The Labute approximate surface area is 130 Å². The van der Waals surface area contributed by atoms with E-state index in [1.54, 1.807) is 11.3 Å². The van der Waals surface area contributed by atoms with Crippen molar-refractivity contribution in [1.29, 1.82) is 0 Å². The van der Waals surface area contributed by atoms with E-state index in [0.717, 1.165) is 16.7 Å². The summed E-state index contributed by atoms with van der Waals surface area (Å²) in [6, 6.07) is 9.63. The molecule has 4 nitrogen and oxygen atoms in total. The van der Waals surface area contributed by atoms with E-state index in [-0.39, 0.29) is 0 Å². The van der Waals surface area contributed by atoms with Crippen LogP contribution < -0.4 is 10.6 Å². The molecule has 6 heteroatoms. The highest BCUT2D eigenvalue weighted by Gasteiger charge is 2.04. The van der Waals surface area contributed by atoms with Crippen LogP contribution in [0.15, 0.2) is 34.8 Å². The van der Waals surface area contributed by atoms with E-state index >= 15 is 0 Å². The number of nitrogens with one attached hydrogen (secondary N) is 2. The highest BCUT2D eigenvalue weighted by molar-refractivity contribution is 9.10. The fraction of sp³-hybridized carbons (Fsp3) is 0.214. The van der Waals surface area contributed by atoms with Crippen molar-refractivity contribution >= 4 is 44.7 Å². The quantitative estimate of drug-likeness (QED) is 0.842. The van der Waals surface area contributed by atoms with Crippen molar-refractivity contribution in [2.24, 2.45) is 0 Å². The van der Waals surface area contributed by atoms with Crippen LogP contribution in [-0.2, 0) is 11.3 Å². The molecule has 1 amide bonds. The Hall–Kier alpha value is -1.53. The number of ether oxygens (including phenoxy) is 1. The molecule has 2 aromatic rings. The van der Waals surface area contributed by atoms with Gasteiger partial charge in [0, 0.05) is 32.1 Å². The number of aryl methyl sites for hydroxylation is 1. The smallest absolute Gasteiger partial charge is 0.411 e. The summed E-state index contributed by atoms with van der Waals surface area (Å²) < 4.78 is 5.70. The van der Waals surface area contributed by atoms with Crippen LogP contribution in [-0.4, -0.2) is 13.2 Å². The predicted octanol–water partition coefficient (Wildman–Crippen LogP) is 4.61. The molecule has 0 saturated carbocycles. The van der Waals surface area contributed by atoms with Gasteiger partial charge in [-0.15, -0.1) is 11.3 Å². The minimum Gasteiger partial charge on any atom is -0.453 e. The third-order valence-corrected chi connectivity index (χ3v) is 4.81. The second-order valence-electron chi connectivity index (χ2n) is 4.17. The highest BCUT2D eigenvalue weighted by Crippen LogP contribution is 2.27. The molecule has 1 aromatic carbocycles. The summed E-state index contributed by atoms with van der Waals surface area (Å²) in [4.78, 5) is 13.7. The summed E-state index contributed by atoms with van der Waals surface area (Å²) in [5.41, 5.74) is 1.64. The first-order valence-electron chi connectivity index (χ1n) is 6.02. The molecule has 1 heterocycles. The van der Waals surface area contributed by atoms with Gasteiger partial charge in [-0.05, 0) is 47.1 Å². The molecule has 0 aliphatic carbocycles. The number of thiophene rings is 1. The molecule has 0 fully saturated rings. The zero-order chi connectivity index (χ0) is 14.5. The lowest BCUT2D eigenvalue weighted by Gasteiger charge is -2.08. The Morgan fingerprint density at radius 3 is 2.75 bits per heavy atom. The number of hydrogen-bond acceptors (Lipinski definition) is 4. The van der Waals surface area contributed by atoms with Gasteiger partial charge in [0.05, 0.1) is 7.11 Å². The largest absolute Gasteiger partial charge is 0.453 e. The molecule has 2 rings (SSSR count). The van der Waals surface area contributed by atoms with Gasteiger partial charge in [-0.3, -0.25) is 5.32 Å². The maximum absolute atomic E-state index is 11.2. The number of amides is 1. The van der Waals surface area contributed by atoms with Crippen molar-refractivity contribution in [3.63, 3.8) is 0 Å². The maximum atomic E-state index is 11.2. The van der Waals surface area contributed by atoms with Crippen molar-refractivity contribution in [2.75, 3.05) is 17.7 Å². The molecular weight excluding hydrogens is 340 g/mol. The van der Waals surface area contributed by atoms with E-state index < -0.39 is 6.09 Å². The molecule has 20 heavy (non-hydrogen) atoms. The standard InChI is InChI=1S/C14H15BrN2O2S/c1-9-13(15)7-12(20-9)8-16-10-4-3-5-11(6-10)17-14(18)19-2/h3-7,16H,8H2,1-2H3,(H,17,18). The van der Waals surface area contributed by atoms with Gasteiger partial charge in [-0.2, -0.15) is 0 Å². The third kappa shape index (κ3) is 3.98. The topological polar surface area (TPSA) is 50.4 Å². The summed E-state index contributed by atoms with van der Waals surface area (Å²) in [7, 11) is 1.34. The van der Waals surface area contributed by atoms with Crippen molar-refractivity contribution in [3.8, 4) is 0 Å². The van der Waals surface area contributed by atoms with E-state index in [4.69, 9.17) is 0 Å². The zero-order valence-corrected chi connectivity index (χ0v) is 13.6. The molecule has 0 atom stereocenters. The second kappa shape index (κ2) is 6.76. The number of anilines is 2. The fourth-order valence-corrected chi connectivity index (χ4v) is 3.21. The monoisotopic (exact) mass is 354 g/mol. The molecule has 0 saturated heterocycles. The van der Waals surface area contributed by atoms with Gasteiger partial charge in [0.25, 0.3) is 0 Å². The predicted molar refractivity (Wildman–Crippen MR) is 86.6 cm³/mol. The van der Waals surface area contributed by atoms with E-state index in [1.165, 1.54) is 16.9 Å². The Morgan fingerprint density at radius 2 is 2.10 bits per heavy atom. The lowest BCUT2D eigenvalue weighted by Crippen LogP contribution is -2.11. The average Bonchev–Trinajstić information content (AvgIpc) is 2.76. The first-order chi connectivity index (χ1) is 9.58. The van der Waals surface area contributed by atoms with Crippen LogP contribution in [0.5, 0.6) is 0 Å². The van der Waals surface area contributed by atoms with Crippen LogP contribution >= 0.6 is 27.3 Å².